The highest BCUT2D eigenvalue weighted by molar-refractivity contribution is 7.85. The summed E-state index contributed by atoms with van der Waals surface area (Å²) >= 11 is 0.926. The number of hydrogen-bond donors (Lipinski definition) is 4. The Labute approximate surface area is 187 Å². The number of carbonyl (C=O) groups excluding carboxylic acids is 1. The highest BCUT2D eigenvalue weighted by Crippen LogP contribution is 2.33. The smallest absolute Gasteiger partial charge is 0.507 e. The van der Waals surface area contributed by atoms with Crippen molar-refractivity contribution in [3.05, 3.63) is 48.5 Å². The minimum atomic E-state index is -4.83. The van der Waals surface area contributed by atoms with E-state index in [9.17, 15) is 31.5 Å². The Morgan fingerprint density at radius 3 is 2.52 bits per heavy atom. The number of rotatable bonds is 4. The van der Waals surface area contributed by atoms with E-state index in [4.69, 9.17) is 4.55 Å². The minimum Gasteiger partial charge on any atom is -0.507 e. The van der Waals surface area contributed by atoms with Crippen molar-refractivity contribution in [1.29, 1.82) is 0 Å². The monoisotopic (exact) mass is 499 g/mol. The molecule has 0 saturated heterocycles. The van der Waals surface area contributed by atoms with Gasteiger partial charge in [0.15, 0.2) is 5.13 Å². The van der Waals surface area contributed by atoms with E-state index in [1.54, 1.807) is 0 Å². The summed E-state index contributed by atoms with van der Waals surface area (Å²) in [6, 6.07) is 9.02. The molecule has 0 radical (unpaired) electrons. The number of phenolic OH excluding ortho intramolecular Hbond substituents is 1. The maximum absolute atomic E-state index is 12.4. The number of thiazole rings is 1. The first-order valence-electron chi connectivity index (χ1n) is 8.86. The molecule has 0 aliphatic carbocycles. The summed E-state index contributed by atoms with van der Waals surface area (Å²) in [6.45, 7) is 0. The SMILES string of the molecule is O=C(Nc1cc(O)c2cc(S(=O)(=O)O)ccc2c1)Nc1nc2ccc(OC(F)(F)F)cc2s1. The third kappa shape index (κ3) is 5.24. The van der Waals surface area contributed by atoms with E-state index in [-0.39, 0.29) is 22.0 Å². The largest absolute Gasteiger partial charge is 0.573 e. The molecule has 3 aromatic carbocycles. The molecule has 0 bridgehead atoms. The Bertz CT molecular complexity index is 1500. The summed E-state index contributed by atoms with van der Waals surface area (Å²) < 4.78 is 73.0. The molecule has 1 aromatic heterocycles. The normalized spacial score (nSPS) is 12.1. The van der Waals surface area contributed by atoms with Gasteiger partial charge in [-0.05, 0) is 35.7 Å². The highest BCUT2D eigenvalue weighted by Gasteiger charge is 2.31. The van der Waals surface area contributed by atoms with Gasteiger partial charge in [-0.15, -0.1) is 13.2 Å². The first-order chi connectivity index (χ1) is 15.4. The van der Waals surface area contributed by atoms with Crippen LogP contribution in [0.25, 0.3) is 21.0 Å². The Morgan fingerprint density at radius 2 is 1.82 bits per heavy atom. The average Bonchev–Trinajstić information content (AvgIpc) is 3.06. The lowest BCUT2D eigenvalue weighted by Gasteiger charge is -2.09. The number of nitrogens with one attached hydrogen (secondary N) is 2. The first kappa shape index (κ1) is 22.6. The van der Waals surface area contributed by atoms with Gasteiger partial charge < -0.3 is 15.2 Å². The fourth-order valence-corrected chi connectivity index (χ4v) is 4.36. The van der Waals surface area contributed by atoms with E-state index in [0.29, 0.717) is 15.6 Å². The van der Waals surface area contributed by atoms with Gasteiger partial charge in [0.25, 0.3) is 10.1 Å². The molecule has 4 N–H and O–H groups in total. The molecule has 172 valence electrons. The predicted molar refractivity (Wildman–Crippen MR) is 114 cm³/mol. The zero-order valence-corrected chi connectivity index (χ0v) is 17.7. The van der Waals surface area contributed by atoms with E-state index in [0.717, 1.165) is 35.6 Å². The number of urea groups is 1. The zero-order valence-electron chi connectivity index (χ0n) is 16.0. The summed E-state index contributed by atoms with van der Waals surface area (Å²) in [5.74, 6) is -0.760. The van der Waals surface area contributed by atoms with Crippen molar-refractivity contribution >= 4 is 59.3 Å². The van der Waals surface area contributed by atoms with Crippen LogP contribution in [0.2, 0.25) is 0 Å². The molecule has 2 amide bonds. The van der Waals surface area contributed by atoms with Crippen molar-refractivity contribution in [3.8, 4) is 11.5 Å². The van der Waals surface area contributed by atoms with Gasteiger partial charge in [-0.1, -0.05) is 17.4 Å². The second-order valence-electron chi connectivity index (χ2n) is 6.63. The maximum Gasteiger partial charge on any atom is 0.573 e. The molecule has 0 saturated carbocycles. The van der Waals surface area contributed by atoms with Crippen LogP contribution >= 0.6 is 11.3 Å². The van der Waals surface area contributed by atoms with E-state index in [1.165, 1.54) is 24.3 Å². The lowest BCUT2D eigenvalue weighted by Crippen LogP contribution is -2.19. The fraction of sp³-hybridized carbons (Fsp3) is 0.0526. The molecule has 0 unspecified atom stereocenters. The Morgan fingerprint density at radius 1 is 1.06 bits per heavy atom. The van der Waals surface area contributed by atoms with Crippen molar-refractivity contribution in [2.24, 2.45) is 0 Å². The third-order valence-electron chi connectivity index (χ3n) is 4.27. The zero-order chi connectivity index (χ0) is 24.0. The lowest BCUT2D eigenvalue weighted by molar-refractivity contribution is -0.274. The molecule has 4 rings (SSSR count). The van der Waals surface area contributed by atoms with Gasteiger partial charge >= 0.3 is 12.4 Å². The number of anilines is 2. The van der Waals surface area contributed by atoms with Gasteiger partial charge in [0, 0.05) is 23.2 Å². The van der Waals surface area contributed by atoms with Gasteiger partial charge in [-0.3, -0.25) is 9.87 Å². The number of aromatic nitrogens is 1. The van der Waals surface area contributed by atoms with Gasteiger partial charge in [0.05, 0.1) is 15.1 Å². The number of aromatic hydroxyl groups is 1. The van der Waals surface area contributed by atoms with Crippen LogP contribution in [0.5, 0.6) is 11.5 Å². The topological polar surface area (TPSA) is 138 Å². The molecule has 1 heterocycles. The number of carbonyl (C=O) groups is 1. The van der Waals surface area contributed by atoms with Gasteiger partial charge in [0.1, 0.15) is 11.5 Å². The van der Waals surface area contributed by atoms with Crippen LogP contribution in [0.3, 0.4) is 0 Å². The molecule has 0 spiro atoms. The number of halogens is 3. The number of fused-ring (bicyclic) bond motifs is 2. The molecule has 33 heavy (non-hydrogen) atoms. The molecular weight excluding hydrogens is 487 g/mol. The molecule has 9 nitrogen and oxygen atoms in total. The molecule has 4 aromatic rings. The van der Waals surface area contributed by atoms with Crippen LogP contribution in [0.15, 0.2) is 53.4 Å². The van der Waals surface area contributed by atoms with Crippen LogP contribution in [-0.4, -0.2) is 35.5 Å². The molecule has 0 aliphatic rings. The number of hydrogen-bond acceptors (Lipinski definition) is 7. The van der Waals surface area contributed by atoms with Crippen molar-refractivity contribution in [2.45, 2.75) is 11.3 Å². The number of phenols is 1. The van der Waals surface area contributed by atoms with Crippen LogP contribution in [0.1, 0.15) is 0 Å². The van der Waals surface area contributed by atoms with E-state index < -0.39 is 33.2 Å². The van der Waals surface area contributed by atoms with Crippen molar-refractivity contribution in [2.75, 3.05) is 10.6 Å². The van der Waals surface area contributed by atoms with Crippen LogP contribution < -0.4 is 15.4 Å². The Hall–Kier alpha value is -3.62. The number of ether oxygens (including phenoxy) is 1. The predicted octanol–water partition coefficient (Wildman–Crippen LogP) is 4.94. The summed E-state index contributed by atoms with van der Waals surface area (Å²) in [6.07, 6.45) is -4.83. The Balaban J connectivity index is 1.52. The van der Waals surface area contributed by atoms with Gasteiger partial charge in [-0.25, -0.2) is 9.78 Å². The van der Waals surface area contributed by atoms with Crippen LogP contribution in [-0.2, 0) is 10.1 Å². The summed E-state index contributed by atoms with van der Waals surface area (Å²) in [5.41, 5.74) is 0.516. The molecule has 0 fully saturated rings. The maximum atomic E-state index is 12.4. The van der Waals surface area contributed by atoms with Crippen molar-refractivity contribution in [3.63, 3.8) is 0 Å². The van der Waals surface area contributed by atoms with Crippen LogP contribution in [0.4, 0.5) is 28.8 Å². The molecular formula is C19H12F3N3O6S2. The third-order valence-corrected chi connectivity index (χ3v) is 6.06. The number of nitrogens with zero attached hydrogens (tertiary/aromatic N) is 1. The van der Waals surface area contributed by atoms with E-state index >= 15 is 0 Å². The van der Waals surface area contributed by atoms with Crippen LogP contribution in [0, 0.1) is 0 Å². The number of alkyl halides is 3. The summed E-state index contributed by atoms with van der Waals surface area (Å²) in [4.78, 5) is 16.0. The van der Waals surface area contributed by atoms with Crippen molar-refractivity contribution in [1.82, 2.24) is 4.98 Å². The molecule has 0 atom stereocenters. The van der Waals surface area contributed by atoms with E-state index in [2.05, 4.69) is 20.4 Å². The molecule has 0 aliphatic heterocycles. The van der Waals surface area contributed by atoms with Crippen molar-refractivity contribution < 1.29 is 40.8 Å². The quantitative estimate of drug-likeness (QED) is 0.292. The van der Waals surface area contributed by atoms with Gasteiger partial charge in [0.2, 0.25) is 0 Å². The number of benzene rings is 3. The molecule has 14 heteroatoms. The Kier molecular flexibility index (Phi) is 5.51. The number of amides is 2. The second kappa shape index (κ2) is 8.06. The minimum absolute atomic E-state index is 0.106. The highest BCUT2D eigenvalue weighted by atomic mass is 32.2. The lowest BCUT2D eigenvalue weighted by atomic mass is 10.1. The standard InChI is InChI=1S/C19H12F3N3O6S2/c20-19(21,22)31-11-2-4-14-16(7-11)32-18(24-14)25-17(27)23-10-5-9-1-3-12(33(28,29)30)8-13(9)15(26)6-10/h1-8,26H,(H,28,29,30)(H2,23,24,25,27). The first-order valence-corrected chi connectivity index (χ1v) is 11.1. The fourth-order valence-electron chi connectivity index (χ4n) is 2.96. The summed E-state index contributed by atoms with van der Waals surface area (Å²) in [5, 5.41) is 15.7. The van der Waals surface area contributed by atoms with E-state index in [1.807, 2.05) is 0 Å². The summed E-state index contributed by atoms with van der Waals surface area (Å²) in [7, 11) is -4.46. The second-order valence-corrected chi connectivity index (χ2v) is 9.08. The van der Waals surface area contributed by atoms with Gasteiger partial charge in [-0.2, -0.15) is 8.42 Å². The average molecular weight is 499 g/mol.